The summed E-state index contributed by atoms with van der Waals surface area (Å²) in [5, 5.41) is 4.22. The topological polar surface area (TPSA) is 69.0 Å². The van der Waals surface area contributed by atoms with Gasteiger partial charge in [-0.1, -0.05) is 18.2 Å². The molecule has 0 saturated carbocycles. The second kappa shape index (κ2) is 6.03. The fourth-order valence-corrected chi connectivity index (χ4v) is 4.45. The Morgan fingerprint density at radius 2 is 1.88 bits per heavy atom. The third-order valence-electron chi connectivity index (χ3n) is 4.12. The molecule has 1 aliphatic rings. The summed E-state index contributed by atoms with van der Waals surface area (Å²) < 4.78 is 40.0. The second-order valence-electron chi connectivity index (χ2n) is 5.95. The van der Waals surface area contributed by atoms with E-state index < -0.39 is 27.2 Å². The Kier molecular flexibility index (Phi) is 3.81. The fraction of sp³-hybridized carbons (Fsp3) is 0.0526. The number of nitrogens with zero attached hydrogens (tertiary/aromatic N) is 2. The van der Waals surface area contributed by atoms with Crippen LogP contribution in [0.25, 0.3) is 11.8 Å². The number of sulfone groups is 1. The van der Waals surface area contributed by atoms with Crippen LogP contribution in [0.15, 0.2) is 71.4 Å². The standard InChI is InChI=1S/C19H13FN2O3S/c20-15-6-7-18-17(9-15)19(23)14(12-26(18,24)25)8-13-10-21-22(11-13)16-4-2-1-3-5-16/h1-11H,12H2/b14-8+. The quantitative estimate of drug-likeness (QED) is 0.515. The minimum atomic E-state index is -3.69. The van der Waals surface area contributed by atoms with Gasteiger partial charge in [0.05, 0.1) is 22.5 Å². The van der Waals surface area contributed by atoms with Crippen molar-refractivity contribution in [3.05, 3.63) is 83.4 Å². The number of carbonyl (C=O) groups excluding carboxylic acids is 1. The van der Waals surface area contributed by atoms with Crippen molar-refractivity contribution in [3.63, 3.8) is 0 Å². The highest BCUT2D eigenvalue weighted by Gasteiger charge is 2.33. The minimum Gasteiger partial charge on any atom is -0.289 e. The molecule has 4 rings (SSSR count). The molecule has 26 heavy (non-hydrogen) atoms. The second-order valence-corrected chi connectivity index (χ2v) is 7.91. The van der Waals surface area contributed by atoms with Gasteiger partial charge in [-0.3, -0.25) is 4.79 Å². The van der Waals surface area contributed by atoms with Crippen LogP contribution in [0.4, 0.5) is 4.39 Å². The van der Waals surface area contributed by atoms with Gasteiger partial charge in [0.15, 0.2) is 15.6 Å². The van der Waals surface area contributed by atoms with E-state index >= 15 is 0 Å². The molecule has 0 spiro atoms. The van der Waals surface area contributed by atoms with Gasteiger partial charge < -0.3 is 0 Å². The lowest BCUT2D eigenvalue weighted by molar-refractivity contribution is 0.103. The molecule has 1 aromatic heterocycles. The summed E-state index contributed by atoms with van der Waals surface area (Å²) in [4.78, 5) is 12.5. The Morgan fingerprint density at radius 3 is 2.65 bits per heavy atom. The van der Waals surface area contributed by atoms with Gasteiger partial charge in [-0.2, -0.15) is 5.10 Å². The van der Waals surface area contributed by atoms with Crippen molar-refractivity contribution in [3.8, 4) is 5.69 Å². The van der Waals surface area contributed by atoms with Crippen LogP contribution in [-0.4, -0.2) is 29.7 Å². The number of aromatic nitrogens is 2. The zero-order valence-corrected chi connectivity index (χ0v) is 14.3. The Balaban J connectivity index is 1.75. The van der Waals surface area contributed by atoms with E-state index in [0.717, 1.165) is 23.9 Å². The van der Waals surface area contributed by atoms with Crippen molar-refractivity contribution < 1.29 is 17.6 Å². The van der Waals surface area contributed by atoms with E-state index in [9.17, 15) is 17.6 Å². The predicted molar refractivity (Wildman–Crippen MR) is 94.3 cm³/mol. The summed E-state index contributed by atoms with van der Waals surface area (Å²) >= 11 is 0. The molecule has 0 aliphatic carbocycles. The van der Waals surface area contributed by atoms with E-state index in [0.29, 0.717) is 5.56 Å². The van der Waals surface area contributed by atoms with Gasteiger partial charge in [0.2, 0.25) is 0 Å². The monoisotopic (exact) mass is 368 g/mol. The molecule has 7 heteroatoms. The zero-order valence-electron chi connectivity index (χ0n) is 13.5. The maximum absolute atomic E-state index is 13.5. The van der Waals surface area contributed by atoms with Crippen LogP contribution < -0.4 is 0 Å². The molecule has 0 unspecified atom stereocenters. The lowest BCUT2D eigenvalue weighted by Gasteiger charge is -2.17. The predicted octanol–water partition coefficient (Wildman–Crippen LogP) is 3.07. The van der Waals surface area contributed by atoms with Gasteiger partial charge in [0.25, 0.3) is 0 Å². The number of hydrogen-bond donors (Lipinski definition) is 0. The van der Waals surface area contributed by atoms with Gasteiger partial charge in [0, 0.05) is 22.9 Å². The highest BCUT2D eigenvalue weighted by molar-refractivity contribution is 7.91. The Morgan fingerprint density at radius 1 is 1.12 bits per heavy atom. The van der Waals surface area contributed by atoms with Crippen LogP contribution in [0, 0.1) is 5.82 Å². The summed E-state index contributed by atoms with van der Waals surface area (Å²) in [5.41, 5.74) is 1.40. The molecule has 5 nitrogen and oxygen atoms in total. The third kappa shape index (κ3) is 2.86. The Labute approximate surface area is 149 Å². The Hall–Kier alpha value is -3.06. The van der Waals surface area contributed by atoms with Crippen LogP contribution in [-0.2, 0) is 9.84 Å². The third-order valence-corrected chi connectivity index (χ3v) is 5.84. The molecule has 0 fully saturated rings. The molecule has 2 aromatic carbocycles. The van der Waals surface area contributed by atoms with E-state index in [2.05, 4.69) is 5.10 Å². The van der Waals surface area contributed by atoms with Crippen LogP contribution >= 0.6 is 0 Å². The molecule has 0 atom stereocenters. The fourth-order valence-electron chi connectivity index (χ4n) is 2.91. The maximum Gasteiger partial charge on any atom is 0.191 e. The van der Waals surface area contributed by atoms with Crippen LogP contribution in [0.1, 0.15) is 15.9 Å². The van der Waals surface area contributed by atoms with Crippen molar-refractivity contribution in [1.29, 1.82) is 0 Å². The maximum atomic E-state index is 13.5. The summed E-state index contributed by atoms with van der Waals surface area (Å²) in [6.07, 6.45) is 4.73. The van der Waals surface area contributed by atoms with Gasteiger partial charge >= 0.3 is 0 Å². The number of halogens is 1. The molecule has 0 radical (unpaired) electrons. The summed E-state index contributed by atoms with van der Waals surface area (Å²) in [6.45, 7) is 0. The van der Waals surface area contributed by atoms with E-state index in [-0.39, 0.29) is 16.0 Å². The van der Waals surface area contributed by atoms with Crippen LogP contribution in [0.2, 0.25) is 0 Å². The lowest BCUT2D eigenvalue weighted by atomic mass is 10.0. The molecular formula is C19H13FN2O3S. The number of benzene rings is 2. The van der Waals surface area contributed by atoms with Crippen molar-refractivity contribution in [2.45, 2.75) is 4.90 Å². The average Bonchev–Trinajstić information content (AvgIpc) is 3.08. The van der Waals surface area contributed by atoms with Gasteiger partial charge in [0.1, 0.15) is 5.82 Å². The molecule has 0 saturated heterocycles. The summed E-state index contributed by atoms with van der Waals surface area (Å²) in [7, 11) is -3.69. The molecule has 130 valence electrons. The van der Waals surface area contributed by atoms with Gasteiger partial charge in [-0.15, -0.1) is 0 Å². The highest BCUT2D eigenvalue weighted by atomic mass is 32.2. The first-order chi connectivity index (χ1) is 12.4. The number of rotatable bonds is 2. The minimum absolute atomic E-state index is 0.0933. The smallest absolute Gasteiger partial charge is 0.191 e. The largest absolute Gasteiger partial charge is 0.289 e. The molecule has 2 heterocycles. The molecule has 0 amide bonds. The number of fused-ring (bicyclic) bond motifs is 1. The van der Waals surface area contributed by atoms with Crippen LogP contribution in [0.5, 0.6) is 0 Å². The van der Waals surface area contributed by atoms with E-state index in [1.165, 1.54) is 6.08 Å². The number of hydrogen-bond acceptors (Lipinski definition) is 4. The number of Topliss-reactive ketones (excluding diaryl/α,β-unsaturated/α-hetero) is 1. The Bertz CT molecular complexity index is 1150. The highest BCUT2D eigenvalue weighted by Crippen LogP contribution is 2.29. The summed E-state index contributed by atoms with van der Waals surface area (Å²) in [6, 6.07) is 12.5. The average molecular weight is 368 g/mol. The molecular weight excluding hydrogens is 355 g/mol. The number of para-hydroxylation sites is 1. The normalized spacial score (nSPS) is 17.3. The molecule has 0 N–H and O–H groups in total. The van der Waals surface area contributed by atoms with Crippen molar-refractivity contribution in [2.75, 3.05) is 5.75 Å². The number of carbonyl (C=O) groups is 1. The summed E-state index contributed by atoms with van der Waals surface area (Å²) in [5.74, 6) is -1.55. The van der Waals surface area contributed by atoms with Gasteiger partial charge in [-0.25, -0.2) is 17.5 Å². The molecule has 0 bridgehead atoms. The molecule has 3 aromatic rings. The zero-order chi connectivity index (χ0) is 18.3. The van der Waals surface area contributed by atoms with Crippen molar-refractivity contribution in [2.24, 2.45) is 0 Å². The van der Waals surface area contributed by atoms with Gasteiger partial charge in [-0.05, 0) is 36.4 Å². The van der Waals surface area contributed by atoms with E-state index in [1.54, 1.807) is 17.1 Å². The van der Waals surface area contributed by atoms with Crippen molar-refractivity contribution in [1.82, 2.24) is 9.78 Å². The van der Waals surface area contributed by atoms with E-state index in [4.69, 9.17) is 0 Å². The van der Waals surface area contributed by atoms with Crippen molar-refractivity contribution >= 4 is 21.7 Å². The molecule has 1 aliphatic heterocycles. The SMILES string of the molecule is O=C1/C(=C/c2cnn(-c3ccccc3)c2)CS(=O)(=O)c2ccc(F)cc21. The lowest BCUT2D eigenvalue weighted by Crippen LogP contribution is -2.24. The first kappa shape index (κ1) is 16.4. The van der Waals surface area contributed by atoms with Crippen LogP contribution in [0.3, 0.4) is 0 Å². The van der Waals surface area contributed by atoms with E-state index in [1.807, 2.05) is 30.3 Å². The number of ketones is 1. The first-order valence-electron chi connectivity index (χ1n) is 7.82. The first-order valence-corrected chi connectivity index (χ1v) is 9.47.